The van der Waals surface area contributed by atoms with E-state index in [0.717, 1.165) is 0 Å². The Morgan fingerprint density at radius 2 is 1.46 bits per heavy atom. The molecule has 0 aliphatic carbocycles. The summed E-state index contributed by atoms with van der Waals surface area (Å²) in [4.78, 5) is 31.3. The van der Waals surface area contributed by atoms with Crippen LogP contribution in [0.15, 0.2) is 24.3 Å². The number of hydrogen-bond acceptors (Lipinski definition) is 10. The van der Waals surface area contributed by atoms with Crippen LogP contribution in [0, 0.1) is 3.57 Å². The van der Waals surface area contributed by atoms with Crippen molar-refractivity contribution in [3.05, 3.63) is 44.0 Å². The second-order valence-electron chi connectivity index (χ2n) is 5.66. The molecule has 0 heterocycles. The molecule has 0 aliphatic rings. The summed E-state index contributed by atoms with van der Waals surface area (Å²) < 4.78 is 20.4. The molecule has 0 spiro atoms. The first kappa shape index (κ1) is 43.4. The summed E-state index contributed by atoms with van der Waals surface area (Å²) in [6.07, 6.45) is 0. The van der Waals surface area contributed by atoms with Gasteiger partial charge in [0.25, 0.3) is 0 Å². The number of ether oxygens (including phenoxy) is 4. The van der Waals surface area contributed by atoms with Crippen molar-refractivity contribution in [3.8, 4) is 11.5 Å². The number of halogens is 4. The summed E-state index contributed by atoms with van der Waals surface area (Å²) in [6.45, 7) is 4.59. The van der Waals surface area contributed by atoms with Crippen LogP contribution >= 0.6 is 64.6 Å². The zero-order valence-corrected chi connectivity index (χ0v) is 28.4. The van der Waals surface area contributed by atoms with Crippen molar-refractivity contribution in [2.24, 2.45) is 0 Å². The van der Waals surface area contributed by atoms with Crippen LogP contribution in [0.25, 0.3) is 0 Å². The molecule has 0 saturated heterocycles. The maximum atomic E-state index is 11.7. The van der Waals surface area contributed by atoms with Crippen LogP contribution in [0.3, 0.4) is 0 Å². The minimum atomic E-state index is -0.512. The Morgan fingerprint density at radius 1 is 1.00 bits per heavy atom. The van der Waals surface area contributed by atoms with E-state index >= 15 is 0 Å². The van der Waals surface area contributed by atoms with Gasteiger partial charge in [0.05, 0.1) is 41.7 Å². The summed E-state index contributed by atoms with van der Waals surface area (Å²) in [7, 11) is 7.54. The second-order valence-corrected chi connectivity index (χ2v) is 7.12. The molecule has 11 nitrogen and oxygen atoms in total. The Labute approximate surface area is 281 Å². The van der Waals surface area contributed by atoms with E-state index in [1.54, 1.807) is 59.6 Å². The van der Waals surface area contributed by atoms with Gasteiger partial charge in [-0.25, -0.2) is 9.59 Å². The Bertz CT molecular complexity index is 974. The molecule has 2 aromatic carbocycles. The second kappa shape index (κ2) is 25.6. The summed E-state index contributed by atoms with van der Waals surface area (Å²) >= 11 is 9.64. The van der Waals surface area contributed by atoms with Gasteiger partial charge in [0.15, 0.2) is 0 Å². The van der Waals surface area contributed by atoms with E-state index in [-0.39, 0.29) is 60.4 Å². The Balaban J connectivity index is -0.000000241. The van der Waals surface area contributed by atoms with Gasteiger partial charge >= 0.3 is 49.7 Å². The number of esters is 2. The third-order valence-corrected chi connectivity index (χ3v) is 5.48. The zero-order chi connectivity index (χ0) is 27.6. The van der Waals surface area contributed by atoms with E-state index in [1.165, 1.54) is 14.2 Å². The topological polar surface area (TPSA) is 190 Å². The molecule has 0 saturated carbocycles. The number of carbonyl (C=O) groups is 2. The van der Waals surface area contributed by atoms with Crippen molar-refractivity contribution in [1.29, 1.82) is 0 Å². The maximum absolute atomic E-state index is 11.7. The minimum Gasteiger partial charge on any atom is -0.870 e. The molecule has 0 amide bonds. The largest absolute Gasteiger partial charge is 2.00 e. The van der Waals surface area contributed by atoms with Crippen LogP contribution < -0.4 is 20.9 Å². The fraction of sp³-hybridized carbons (Fsp3) is 0.286. The van der Waals surface area contributed by atoms with Crippen LogP contribution in [0.1, 0.15) is 34.6 Å². The van der Waals surface area contributed by atoms with Crippen molar-refractivity contribution >= 4 is 132 Å². The van der Waals surface area contributed by atoms with E-state index < -0.39 is 11.9 Å². The summed E-state index contributed by atoms with van der Waals surface area (Å²) in [5.41, 5.74) is 12.9. The van der Waals surface area contributed by atoms with Gasteiger partial charge in [-0.15, -0.1) is 0 Å². The Hall–Kier alpha value is -0.690. The number of benzene rings is 2. The zero-order valence-electron chi connectivity index (χ0n) is 20.3. The van der Waals surface area contributed by atoms with Gasteiger partial charge < -0.3 is 45.8 Å². The van der Waals surface area contributed by atoms with Crippen molar-refractivity contribution in [2.75, 3.05) is 38.9 Å². The summed E-state index contributed by atoms with van der Waals surface area (Å²) in [5.74, 6) is -0.156. The van der Waals surface area contributed by atoms with Crippen LogP contribution in [0.4, 0.5) is 11.4 Å². The predicted molar refractivity (Wildman–Crippen MR) is 160 cm³/mol. The standard InChI is InChI=1S/C10H11ClINO3.C10H13NO3.CHO2.Ca.ClI.H2O/c1-3-16-10(14)7-6(15-2)4-5(13)9(12)8(7)11;1-3-14-10(12)8-5-4-7(11)6-9(8)13-2;2-1-3;;1-2;/h4H,3,13H2,1-2H3;4-6H,3,11H2,1-2H3;(H,2,3);;;1H2/q;;-1;+2;;/p-1. The molecule has 0 radical (unpaired) electrons. The van der Waals surface area contributed by atoms with E-state index in [4.69, 9.17) is 51.9 Å². The molecular weight excluding hydrogens is 789 g/mol. The molecule has 0 aromatic heterocycles. The van der Waals surface area contributed by atoms with Crippen molar-refractivity contribution in [3.63, 3.8) is 0 Å². The molecule has 16 heteroatoms. The van der Waals surface area contributed by atoms with Crippen molar-refractivity contribution in [2.45, 2.75) is 13.8 Å². The third kappa shape index (κ3) is 15.5. The number of rotatable bonds is 6. The number of aliphatic hydroxyl groups excluding tert-OH is 1. The number of methoxy groups -OCH3 is 2. The third-order valence-electron chi connectivity index (χ3n) is 3.62. The molecule has 0 fully saturated rings. The molecule has 6 N–H and O–H groups in total. The van der Waals surface area contributed by atoms with Gasteiger partial charge in [0, 0.05) is 39.3 Å². The van der Waals surface area contributed by atoms with Gasteiger partial charge in [-0.2, -0.15) is 0 Å². The number of anilines is 2. The normalized spacial score (nSPS) is 8.43. The van der Waals surface area contributed by atoms with E-state index in [9.17, 15) is 9.59 Å². The van der Waals surface area contributed by atoms with E-state index in [2.05, 4.69) is 8.91 Å². The number of nitrogen functional groups attached to an aromatic ring is 2. The van der Waals surface area contributed by atoms with Gasteiger partial charge in [-0.05, 0) is 57.5 Å². The smallest absolute Gasteiger partial charge is 0.870 e. The first-order valence-corrected chi connectivity index (χ1v) is 13.6. The van der Waals surface area contributed by atoms with Crippen LogP contribution in [0.2, 0.25) is 5.02 Å². The fourth-order valence-corrected chi connectivity index (χ4v) is 2.97. The van der Waals surface area contributed by atoms with Crippen molar-refractivity contribution < 1.29 is 43.9 Å². The minimum absolute atomic E-state index is 0. The monoisotopic (exact) mass is 814 g/mol. The summed E-state index contributed by atoms with van der Waals surface area (Å²) in [5, 5.41) is 7.02. The molecule has 0 bridgehead atoms. The molecule has 0 unspecified atom stereocenters. The average molecular weight is 815 g/mol. The van der Waals surface area contributed by atoms with Crippen molar-refractivity contribution in [1.82, 2.24) is 0 Å². The van der Waals surface area contributed by atoms with Crippen LogP contribution in [-0.4, -0.2) is 94.2 Å². The molecule has 0 aliphatic heterocycles. The molecule has 37 heavy (non-hydrogen) atoms. The molecule has 0 atom stereocenters. The quantitative estimate of drug-likeness (QED) is 0.120. The number of nitrogens with two attached hydrogens (primary N) is 2. The summed E-state index contributed by atoms with van der Waals surface area (Å²) in [6, 6.07) is 6.37. The fourth-order valence-electron chi connectivity index (χ4n) is 2.26. The Kier molecular flexibility index (Phi) is 30.0. The van der Waals surface area contributed by atoms with Gasteiger partial charge in [0.2, 0.25) is 0 Å². The maximum Gasteiger partial charge on any atom is 2.00 e. The number of hydrogen-bond donors (Lipinski definition) is 3. The van der Waals surface area contributed by atoms with Gasteiger partial charge in [0.1, 0.15) is 22.6 Å². The van der Waals surface area contributed by atoms with E-state index in [0.29, 0.717) is 45.1 Å². The number of carbonyl (C=O) groups excluding carboxylic acids is 2. The first-order valence-electron chi connectivity index (χ1n) is 9.37. The Morgan fingerprint density at radius 3 is 1.89 bits per heavy atom. The van der Waals surface area contributed by atoms with Gasteiger partial charge in [-0.3, -0.25) is 0 Å². The van der Waals surface area contributed by atoms with E-state index in [1.807, 2.05) is 22.6 Å². The molecule has 2 aromatic rings. The molecular formula is C21H26CaCl2I2N2O9. The van der Waals surface area contributed by atoms with Crippen LogP contribution in [-0.2, 0) is 14.3 Å². The predicted octanol–water partition coefficient (Wildman–Crippen LogP) is 4.80. The molecule has 2 rings (SSSR count). The van der Waals surface area contributed by atoms with Gasteiger partial charge in [-0.1, -0.05) is 18.1 Å². The average Bonchev–Trinajstić information content (AvgIpc) is 2.84. The molecule has 204 valence electrons. The SMILES string of the molecule is CCOC(=O)c1c(OC)cc(N)c(I)c1Cl.CCOC(=O)c1ccc(N)cc1OC.ClI.O=[C-]O.[Ca+2].[OH-]. The van der Waals surface area contributed by atoms with Crippen LogP contribution in [0.5, 0.6) is 11.5 Å². The first-order chi connectivity index (χ1) is 16.6.